The maximum Gasteiger partial charge on any atom is 0.337 e. The summed E-state index contributed by atoms with van der Waals surface area (Å²) in [5.41, 5.74) is -0.0170. The first-order chi connectivity index (χ1) is 9.51. The summed E-state index contributed by atoms with van der Waals surface area (Å²) in [7, 11) is -3.61. The van der Waals surface area contributed by atoms with Crippen LogP contribution in [0.25, 0.3) is 0 Å². The minimum atomic E-state index is -3.61. The Morgan fingerprint density at radius 1 is 1.10 bits per heavy atom. The van der Waals surface area contributed by atoms with Crippen LogP contribution >= 0.6 is 0 Å². The van der Waals surface area contributed by atoms with Crippen LogP contribution < -0.4 is 0 Å². The fourth-order valence-corrected chi connectivity index (χ4v) is 3.68. The van der Waals surface area contributed by atoms with Gasteiger partial charge >= 0.3 is 5.97 Å². The van der Waals surface area contributed by atoms with E-state index in [2.05, 4.69) is 4.98 Å². The maximum absolute atomic E-state index is 12.4. The monoisotopic (exact) mass is 298 g/mol. The summed E-state index contributed by atoms with van der Waals surface area (Å²) in [6.07, 6.45) is 6.02. The highest BCUT2D eigenvalue weighted by Crippen LogP contribution is 2.18. The van der Waals surface area contributed by atoms with Crippen molar-refractivity contribution in [1.82, 2.24) is 9.29 Å². The summed E-state index contributed by atoms with van der Waals surface area (Å²) < 4.78 is 26.4. The Labute approximate surface area is 118 Å². The van der Waals surface area contributed by atoms with E-state index < -0.39 is 16.0 Å². The van der Waals surface area contributed by atoms with Crippen LogP contribution in [0.2, 0.25) is 0 Å². The van der Waals surface area contributed by atoms with Gasteiger partial charge in [-0.25, -0.2) is 18.2 Å². The van der Waals surface area contributed by atoms with Crippen molar-refractivity contribution in [2.24, 2.45) is 0 Å². The molecule has 0 spiro atoms. The zero-order valence-electron chi connectivity index (χ0n) is 11.2. The second kappa shape index (κ2) is 6.32. The van der Waals surface area contributed by atoms with E-state index in [1.165, 1.54) is 16.4 Å². The van der Waals surface area contributed by atoms with Crippen molar-refractivity contribution < 1.29 is 18.3 Å². The number of aromatic nitrogens is 1. The number of nitrogens with zero attached hydrogens (tertiary/aromatic N) is 2. The third kappa shape index (κ3) is 3.34. The molecule has 1 aromatic heterocycles. The Bertz CT molecular complexity index is 561. The number of rotatable bonds is 3. The van der Waals surface area contributed by atoms with E-state index in [0.717, 1.165) is 38.3 Å². The zero-order valence-corrected chi connectivity index (χ0v) is 12.0. The minimum Gasteiger partial charge on any atom is -0.478 e. The third-order valence-electron chi connectivity index (χ3n) is 3.40. The topological polar surface area (TPSA) is 87.6 Å². The number of pyridine rings is 1. The highest BCUT2D eigenvalue weighted by molar-refractivity contribution is 7.89. The first-order valence-corrected chi connectivity index (χ1v) is 8.15. The lowest BCUT2D eigenvalue weighted by atomic mass is 10.1. The van der Waals surface area contributed by atoms with Crippen LogP contribution in [0.15, 0.2) is 23.4 Å². The van der Waals surface area contributed by atoms with Crippen LogP contribution in [-0.2, 0) is 10.0 Å². The molecular weight excluding hydrogens is 280 g/mol. The van der Waals surface area contributed by atoms with Gasteiger partial charge in [-0.2, -0.15) is 4.31 Å². The van der Waals surface area contributed by atoms with Crippen molar-refractivity contribution in [3.8, 4) is 0 Å². The van der Waals surface area contributed by atoms with Gasteiger partial charge < -0.3 is 5.11 Å². The lowest BCUT2D eigenvalue weighted by molar-refractivity contribution is 0.0696. The molecule has 1 aliphatic heterocycles. The lowest BCUT2D eigenvalue weighted by Crippen LogP contribution is -2.34. The summed E-state index contributed by atoms with van der Waals surface area (Å²) in [6.45, 7) is 1.01. The molecule has 0 saturated carbocycles. The molecule has 0 amide bonds. The van der Waals surface area contributed by atoms with Gasteiger partial charge in [0.1, 0.15) is 0 Å². The van der Waals surface area contributed by atoms with Gasteiger partial charge in [0, 0.05) is 19.3 Å². The lowest BCUT2D eigenvalue weighted by Gasteiger charge is -2.23. The molecule has 0 radical (unpaired) electrons. The van der Waals surface area contributed by atoms with E-state index >= 15 is 0 Å². The third-order valence-corrected chi connectivity index (χ3v) is 5.22. The molecule has 0 unspecified atom stereocenters. The summed E-state index contributed by atoms with van der Waals surface area (Å²) in [6, 6.07) is 2.53. The molecule has 0 aliphatic carbocycles. The first kappa shape index (κ1) is 14.9. The van der Waals surface area contributed by atoms with Crippen LogP contribution in [-0.4, -0.2) is 41.9 Å². The minimum absolute atomic E-state index is 0.0170. The molecule has 7 heteroatoms. The fourth-order valence-electron chi connectivity index (χ4n) is 2.25. The van der Waals surface area contributed by atoms with Crippen molar-refractivity contribution in [1.29, 1.82) is 0 Å². The maximum atomic E-state index is 12.4. The number of aromatic carboxylic acids is 1. The molecule has 0 atom stereocenters. The normalized spacial score (nSPS) is 18.2. The Hall–Kier alpha value is -1.47. The van der Waals surface area contributed by atoms with Crippen LogP contribution in [0, 0.1) is 0 Å². The van der Waals surface area contributed by atoms with E-state index in [9.17, 15) is 13.2 Å². The largest absolute Gasteiger partial charge is 0.478 e. The van der Waals surface area contributed by atoms with Gasteiger partial charge in [-0.05, 0) is 25.0 Å². The van der Waals surface area contributed by atoms with Gasteiger partial charge in [0.25, 0.3) is 10.0 Å². The second-order valence-corrected chi connectivity index (χ2v) is 6.75. The average Bonchev–Trinajstić information content (AvgIpc) is 2.38. The molecule has 0 bridgehead atoms. The molecule has 20 heavy (non-hydrogen) atoms. The van der Waals surface area contributed by atoms with E-state index in [0.29, 0.717) is 13.1 Å². The van der Waals surface area contributed by atoms with Gasteiger partial charge in [0.05, 0.1) is 5.56 Å². The summed E-state index contributed by atoms with van der Waals surface area (Å²) in [5.74, 6) is -1.12. The van der Waals surface area contributed by atoms with E-state index in [4.69, 9.17) is 5.11 Å². The van der Waals surface area contributed by atoms with Gasteiger partial charge in [0.2, 0.25) is 0 Å². The highest BCUT2D eigenvalue weighted by Gasteiger charge is 2.25. The van der Waals surface area contributed by atoms with Gasteiger partial charge in [-0.15, -0.1) is 0 Å². The van der Waals surface area contributed by atoms with Gasteiger partial charge in [-0.3, -0.25) is 0 Å². The highest BCUT2D eigenvalue weighted by atomic mass is 32.2. The molecule has 2 heterocycles. The molecule has 1 saturated heterocycles. The zero-order chi connectivity index (χ0) is 14.6. The van der Waals surface area contributed by atoms with E-state index in [1.807, 2.05) is 0 Å². The van der Waals surface area contributed by atoms with Crippen molar-refractivity contribution in [3.63, 3.8) is 0 Å². The van der Waals surface area contributed by atoms with Crippen LogP contribution in [0.1, 0.15) is 42.5 Å². The number of carboxylic acids is 1. The van der Waals surface area contributed by atoms with E-state index in [-0.39, 0.29) is 10.6 Å². The van der Waals surface area contributed by atoms with E-state index in [1.54, 1.807) is 0 Å². The summed E-state index contributed by atoms with van der Waals surface area (Å²) in [4.78, 5) is 14.5. The van der Waals surface area contributed by atoms with Crippen LogP contribution in [0.4, 0.5) is 0 Å². The molecule has 1 aromatic rings. The predicted molar refractivity (Wildman–Crippen MR) is 73.0 cm³/mol. The molecule has 110 valence electrons. The number of carbonyl (C=O) groups is 1. The first-order valence-electron chi connectivity index (χ1n) is 6.71. The molecule has 1 aliphatic rings. The Morgan fingerprint density at radius 2 is 1.70 bits per heavy atom. The molecule has 1 N–H and O–H groups in total. The van der Waals surface area contributed by atoms with Crippen molar-refractivity contribution in [3.05, 3.63) is 23.9 Å². The van der Waals surface area contributed by atoms with Gasteiger partial charge in [0.15, 0.2) is 5.03 Å². The smallest absolute Gasteiger partial charge is 0.337 e. The Morgan fingerprint density at radius 3 is 2.20 bits per heavy atom. The summed E-state index contributed by atoms with van der Waals surface area (Å²) >= 11 is 0. The van der Waals surface area contributed by atoms with Crippen LogP contribution in [0.3, 0.4) is 0 Å². The standard InChI is InChI=1S/C13H18N2O4S/c16-13(17)11-6-7-12(14-10-11)20(18,19)15-8-4-2-1-3-5-9-15/h6-7,10H,1-5,8-9H2,(H,16,17). The number of carboxylic acid groups (broad SMARTS) is 1. The molecule has 6 nitrogen and oxygen atoms in total. The van der Waals surface area contributed by atoms with Crippen molar-refractivity contribution in [2.45, 2.75) is 37.1 Å². The number of sulfonamides is 1. The SMILES string of the molecule is O=C(O)c1ccc(S(=O)(=O)N2CCCCCCC2)nc1. The molecular formula is C13H18N2O4S. The number of hydrogen-bond donors (Lipinski definition) is 1. The Balaban J connectivity index is 2.21. The Kier molecular flexibility index (Phi) is 4.72. The van der Waals surface area contributed by atoms with Crippen LogP contribution in [0.5, 0.6) is 0 Å². The van der Waals surface area contributed by atoms with Gasteiger partial charge in [-0.1, -0.05) is 19.3 Å². The van der Waals surface area contributed by atoms with Crippen molar-refractivity contribution in [2.75, 3.05) is 13.1 Å². The fraction of sp³-hybridized carbons (Fsp3) is 0.538. The molecule has 2 rings (SSSR count). The second-order valence-electron chi connectivity index (χ2n) is 4.86. The van der Waals surface area contributed by atoms with Crippen molar-refractivity contribution >= 4 is 16.0 Å². The quantitative estimate of drug-likeness (QED) is 0.918. The molecule has 1 fully saturated rings. The number of hydrogen-bond acceptors (Lipinski definition) is 4. The average molecular weight is 298 g/mol. The summed E-state index contributed by atoms with van der Waals surface area (Å²) in [5, 5.41) is 8.72. The molecule has 0 aromatic carbocycles. The predicted octanol–water partition coefficient (Wildman–Crippen LogP) is 1.73.